The lowest BCUT2D eigenvalue weighted by atomic mass is 9.98. The van der Waals surface area contributed by atoms with Crippen molar-refractivity contribution in [1.82, 2.24) is 13.9 Å². The molecule has 1 N–H and O–H groups in total. The van der Waals surface area contributed by atoms with Crippen LogP contribution >= 0.6 is 0 Å². The first kappa shape index (κ1) is 21.1. The topological polar surface area (TPSA) is 103 Å². The summed E-state index contributed by atoms with van der Waals surface area (Å²) >= 11 is 0. The first-order valence-electron chi connectivity index (χ1n) is 9.43. The van der Waals surface area contributed by atoms with E-state index in [2.05, 4.69) is 10.3 Å². The number of amides is 1. The second kappa shape index (κ2) is 8.83. The number of rotatable bonds is 7. The largest absolute Gasteiger partial charge is 0.497 e. The number of hydrogen-bond acceptors (Lipinski definition) is 6. The van der Waals surface area contributed by atoms with Gasteiger partial charge in [0.2, 0.25) is 5.91 Å². The molecular weight excluding hydrogens is 396 g/mol. The highest BCUT2D eigenvalue weighted by Crippen LogP contribution is 2.28. The second-order valence-electron chi connectivity index (χ2n) is 6.84. The second-order valence-corrected chi connectivity index (χ2v) is 8.72. The third kappa shape index (κ3) is 4.70. The van der Waals surface area contributed by atoms with Gasteiger partial charge in [0, 0.05) is 49.7 Å². The van der Waals surface area contributed by atoms with Gasteiger partial charge in [0.05, 0.1) is 26.5 Å². The lowest BCUT2D eigenvalue weighted by molar-refractivity contribution is -0.120. The van der Waals surface area contributed by atoms with Crippen LogP contribution in [-0.4, -0.2) is 55.5 Å². The van der Waals surface area contributed by atoms with E-state index >= 15 is 0 Å². The van der Waals surface area contributed by atoms with Gasteiger partial charge in [0.1, 0.15) is 11.5 Å². The number of aryl methyl sites for hydroxylation is 1. The van der Waals surface area contributed by atoms with Gasteiger partial charge >= 0.3 is 0 Å². The number of nitrogens with zero attached hydrogens (tertiary/aromatic N) is 3. The molecule has 2 heterocycles. The first-order chi connectivity index (χ1) is 13.9. The number of carbonyl (C=O) groups is 1. The average molecular weight is 423 g/mol. The van der Waals surface area contributed by atoms with Crippen LogP contribution in [0.5, 0.6) is 11.5 Å². The molecule has 158 valence electrons. The lowest BCUT2D eigenvalue weighted by Crippen LogP contribution is -2.43. The van der Waals surface area contributed by atoms with Gasteiger partial charge in [-0.3, -0.25) is 4.79 Å². The Morgan fingerprint density at radius 2 is 1.93 bits per heavy atom. The van der Waals surface area contributed by atoms with Crippen molar-refractivity contribution < 1.29 is 22.7 Å². The van der Waals surface area contributed by atoms with Crippen LogP contribution in [0.2, 0.25) is 0 Å². The molecule has 0 radical (unpaired) electrons. The van der Waals surface area contributed by atoms with E-state index in [4.69, 9.17) is 9.47 Å². The maximum Gasteiger partial charge on any atom is 0.262 e. The maximum atomic E-state index is 12.9. The molecule has 9 nitrogen and oxygen atoms in total. The van der Waals surface area contributed by atoms with Crippen LogP contribution in [0, 0.1) is 5.92 Å². The highest BCUT2D eigenvalue weighted by molar-refractivity contribution is 7.89. The molecule has 1 aliphatic rings. The minimum Gasteiger partial charge on any atom is -0.497 e. The van der Waals surface area contributed by atoms with Crippen molar-refractivity contribution in [3.05, 3.63) is 30.7 Å². The van der Waals surface area contributed by atoms with Gasteiger partial charge in [0.25, 0.3) is 10.0 Å². The standard InChI is InChI=1S/C19H26N4O5S/c1-4-22-12-18(20-13-22)29(25,26)23-7-5-6-14(11-23)19(24)21-15-8-16(27-2)10-17(9-15)28-3/h8-10,12-14H,4-7,11H2,1-3H3,(H,21,24)/t14-/m1/s1. The Balaban J connectivity index is 1.72. The van der Waals surface area contributed by atoms with Gasteiger partial charge in [-0.25, -0.2) is 13.4 Å². The first-order valence-corrected chi connectivity index (χ1v) is 10.9. The summed E-state index contributed by atoms with van der Waals surface area (Å²) in [7, 11) is -0.667. The Labute approximate surface area is 170 Å². The number of nitrogens with one attached hydrogen (secondary N) is 1. The summed E-state index contributed by atoms with van der Waals surface area (Å²) < 4.78 is 39.3. The third-order valence-corrected chi connectivity index (χ3v) is 6.70. The summed E-state index contributed by atoms with van der Waals surface area (Å²) in [6.07, 6.45) is 4.23. The summed E-state index contributed by atoms with van der Waals surface area (Å²) in [5, 5.41) is 2.86. The summed E-state index contributed by atoms with van der Waals surface area (Å²) in [4.78, 5) is 16.8. The van der Waals surface area contributed by atoms with Gasteiger partial charge in [-0.1, -0.05) is 0 Å². The molecule has 1 aromatic carbocycles. The lowest BCUT2D eigenvalue weighted by Gasteiger charge is -2.30. The van der Waals surface area contributed by atoms with Crippen molar-refractivity contribution in [3.8, 4) is 11.5 Å². The van der Waals surface area contributed by atoms with E-state index in [0.29, 0.717) is 43.1 Å². The fraction of sp³-hybridized carbons (Fsp3) is 0.474. The molecule has 1 aromatic heterocycles. The van der Waals surface area contributed by atoms with Gasteiger partial charge in [-0.2, -0.15) is 4.31 Å². The molecule has 1 aliphatic heterocycles. The minimum atomic E-state index is -3.73. The molecule has 2 aromatic rings. The summed E-state index contributed by atoms with van der Waals surface area (Å²) in [6, 6.07) is 5.09. The zero-order valence-corrected chi connectivity index (χ0v) is 17.6. The summed E-state index contributed by atoms with van der Waals surface area (Å²) in [5.74, 6) is 0.418. The van der Waals surface area contributed by atoms with Crippen molar-refractivity contribution in [2.75, 3.05) is 32.6 Å². The van der Waals surface area contributed by atoms with E-state index < -0.39 is 15.9 Å². The predicted octanol–water partition coefficient (Wildman–Crippen LogP) is 1.96. The van der Waals surface area contributed by atoms with Crippen LogP contribution < -0.4 is 14.8 Å². The zero-order valence-electron chi connectivity index (χ0n) is 16.8. The fourth-order valence-corrected chi connectivity index (χ4v) is 4.74. The van der Waals surface area contributed by atoms with Crippen molar-refractivity contribution in [1.29, 1.82) is 0 Å². The van der Waals surface area contributed by atoms with Gasteiger partial charge in [-0.15, -0.1) is 0 Å². The number of ether oxygens (including phenoxy) is 2. The number of aromatic nitrogens is 2. The van der Waals surface area contributed by atoms with E-state index in [1.54, 1.807) is 22.8 Å². The number of benzene rings is 1. The number of imidazole rings is 1. The monoisotopic (exact) mass is 422 g/mol. The van der Waals surface area contributed by atoms with Crippen LogP contribution in [0.25, 0.3) is 0 Å². The van der Waals surface area contributed by atoms with Crippen LogP contribution in [0.15, 0.2) is 35.7 Å². The molecule has 1 fully saturated rings. The van der Waals surface area contributed by atoms with Gasteiger partial charge in [0.15, 0.2) is 5.03 Å². The zero-order chi connectivity index (χ0) is 21.0. The third-order valence-electron chi connectivity index (χ3n) is 4.95. The SMILES string of the molecule is CCn1cnc(S(=O)(=O)N2CCC[C@@H](C(=O)Nc3cc(OC)cc(OC)c3)C2)c1. The predicted molar refractivity (Wildman–Crippen MR) is 108 cm³/mol. The molecule has 0 bridgehead atoms. The molecule has 29 heavy (non-hydrogen) atoms. The molecule has 1 atom stereocenters. The molecule has 0 spiro atoms. The van der Waals surface area contributed by atoms with Crippen molar-refractivity contribution in [2.45, 2.75) is 31.3 Å². The van der Waals surface area contributed by atoms with E-state index in [1.807, 2.05) is 6.92 Å². The molecule has 0 unspecified atom stereocenters. The van der Waals surface area contributed by atoms with Crippen LogP contribution in [-0.2, 0) is 21.4 Å². The minimum absolute atomic E-state index is 0.0120. The van der Waals surface area contributed by atoms with E-state index in [-0.39, 0.29) is 17.5 Å². The molecule has 10 heteroatoms. The molecule has 1 amide bonds. The van der Waals surface area contributed by atoms with Crippen molar-refractivity contribution in [3.63, 3.8) is 0 Å². The van der Waals surface area contributed by atoms with E-state index in [1.165, 1.54) is 31.0 Å². The number of sulfonamides is 1. The quantitative estimate of drug-likeness (QED) is 0.732. The Hall–Kier alpha value is -2.59. The molecule has 3 rings (SSSR count). The highest BCUT2D eigenvalue weighted by atomic mass is 32.2. The number of hydrogen-bond donors (Lipinski definition) is 1. The summed E-state index contributed by atoms with van der Waals surface area (Å²) in [5.41, 5.74) is 0.535. The van der Waals surface area contributed by atoms with Gasteiger partial charge < -0.3 is 19.4 Å². The van der Waals surface area contributed by atoms with E-state index in [9.17, 15) is 13.2 Å². The number of piperidine rings is 1. The maximum absolute atomic E-state index is 12.9. The van der Waals surface area contributed by atoms with E-state index in [0.717, 1.165) is 0 Å². The van der Waals surface area contributed by atoms with Crippen LogP contribution in [0.1, 0.15) is 19.8 Å². The Morgan fingerprint density at radius 3 is 2.52 bits per heavy atom. The van der Waals surface area contributed by atoms with Crippen LogP contribution in [0.3, 0.4) is 0 Å². The Kier molecular flexibility index (Phi) is 6.43. The number of methoxy groups -OCH3 is 2. The average Bonchev–Trinajstić information content (AvgIpc) is 3.23. The van der Waals surface area contributed by atoms with Crippen molar-refractivity contribution >= 4 is 21.6 Å². The van der Waals surface area contributed by atoms with Crippen molar-refractivity contribution in [2.24, 2.45) is 5.92 Å². The number of carbonyl (C=O) groups excluding carboxylic acids is 1. The van der Waals surface area contributed by atoms with Gasteiger partial charge in [-0.05, 0) is 19.8 Å². The molecule has 1 saturated heterocycles. The molecular formula is C19H26N4O5S. The molecule has 0 saturated carbocycles. The highest BCUT2D eigenvalue weighted by Gasteiger charge is 2.34. The Morgan fingerprint density at radius 1 is 1.24 bits per heavy atom. The Bertz CT molecular complexity index is 950. The fourth-order valence-electron chi connectivity index (χ4n) is 3.28. The number of anilines is 1. The smallest absolute Gasteiger partial charge is 0.262 e. The molecule has 0 aliphatic carbocycles. The summed E-state index contributed by atoms with van der Waals surface area (Å²) in [6.45, 7) is 3.04. The normalized spacial score (nSPS) is 17.7. The van der Waals surface area contributed by atoms with Crippen LogP contribution in [0.4, 0.5) is 5.69 Å².